The van der Waals surface area contributed by atoms with Gasteiger partial charge in [0, 0.05) is 0 Å². The summed E-state index contributed by atoms with van der Waals surface area (Å²) in [5.74, 6) is -1.18. The molecule has 1 unspecified atom stereocenters. The topological polar surface area (TPSA) is 63.6 Å². The van der Waals surface area contributed by atoms with Crippen LogP contribution in [-0.2, 0) is 14.3 Å². The molecule has 0 aromatic heterocycles. The number of carbonyl (C=O) groups excluding carboxylic acids is 1. The van der Waals surface area contributed by atoms with Crippen molar-refractivity contribution in [2.45, 2.75) is 85.0 Å². The molecule has 1 aliphatic carbocycles. The van der Waals surface area contributed by atoms with Crippen molar-refractivity contribution >= 4 is 11.9 Å². The predicted molar refractivity (Wildman–Crippen MR) is 95.8 cm³/mol. The van der Waals surface area contributed by atoms with Crippen LogP contribution in [0.3, 0.4) is 0 Å². The summed E-state index contributed by atoms with van der Waals surface area (Å²) in [6.07, 6.45) is 10.5. The molecule has 1 aliphatic rings. The highest BCUT2D eigenvalue weighted by Crippen LogP contribution is 2.49. The number of allylic oxidation sites excluding steroid dienone is 1. The summed E-state index contributed by atoms with van der Waals surface area (Å²) in [4.78, 5) is 25.1. The van der Waals surface area contributed by atoms with Crippen molar-refractivity contribution in [2.75, 3.05) is 6.61 Å². The second kappa shape index (κ2) is 10.5. The van der Waals surface area contributed by atoms with E-state index >= 15 is 0 Å². The minimum Gasteiger partial charge on any atom is -0.478 e. The van der Waals surface area contributed by atoms with Crippen LogP contribution in [0.25, 0.3) is 0 Å². The van der Waals surface area contributed by atoms with Crippen LogP contribution in [0.4, 0.5) is 0 Å². The molecule has 1 N–H and O–H groups in total. The van der Waals surface area contributed by atoms with E-state index in [1.165, 1.54) is 0 Å². The van der Waals surface area contributed by atoms with Crippen LogP contribution >= 0.6 is 0 Å². The summed E-state index contributed by atoms with van der Waals surface area (Å²) in [6.45, 7) is 6.43. The van der Waals surface area contributed by atoms with E-state index in [0.717, 1.165) is 51.4 Å². The van der Waals surface area contributed by atoms with Gasteiger partial charge in [0.25, 0.3) is 0 Å². The van der Waals surface area contributed by atoms with Crippen molar-refractivity contribution in [2.24, 2.45) is 11.3 Å². The molecule has 0 amide bonds. The molecule has 24 heavy (non-hydrogen) atoms. The fourth-order valence-corrected chi connectivity index (χ4v) is 3.91. The zero-order valence-corrected chi connectivity index (χ0v) is 15.6. The molecule has 0 radical (unpaired) electrons. The van der Waals surface area contributed by atoms with Gasteiger partial charge in [0.05, 0.1) is 12.2 Å². The lowest BCUT2D eigenvalue weighted by atomic mass is 9.65. The maximum Gasteiger partial charge on any atom is 0.332 e. The molecule has 1 atom stereocenters. The average molecular weight is 338 g/mol. The van der Waals surface area contributed by atoms with Gasteiger partial charge in [-0.1, -0.05) is 59.0 Å². The lowest BCUT2D eigenvalue weighted by Crippen LogP contribution is -2.43. The monoisotopic (exact) mass is 338 g/mol. The minimum atomic E-state index is -0.970. The number of hydrogen-bond donors (Lipinski definition) is 1. The maximum atomic E-state index is 13.1. The van der Waals surface area contributed by atoms with Crippen molar-refractivity contribution in [3.8, 4) is 0 Å². The average Bonchev–Trinajstić information content (AvgIpc) is 3.09. The number of ether oxygens (including phenoxy) is 1. The van der Waals surface area contributed by atoms with Crippen LogP contribution in [0.2, 0.25) is 0 Å². The van der Waals surface area contributed by atoms with E-state index in [-0.39, 0.29) is 17.5 Å². The molecule has 0 saturated heterocycles. The first-order chi connectivity index (χ1) is 11.5. The fraction of sp³-hybridized carbons (Fsp3) is 0.800. The van der Waals surface area contributed by atoms with Gasteiger partial charge in [-0.05, 0) is 38.0 Å². The Morgan fingerprint density at radius 3 is 2.25 bits per heavy atom. The first-order valence-corrected chi connectivity index (χ1v) is 9.65. The lowest BCUT2D eigenvalue weighted by Gasteiger charge is -2.37. The molecular weight excluding hydrogens is 304 g/mol. The van der Waals surface area contributed by atoms with Gasteiger partial charge >= 0.3 is 11.9 Å². The van der Waals surface area contributed by atoms with Gasteiger partial charge in [-0.3, -0.25) is 4.79 Å². The van der Waals surface area contributed by atoms with Gasteiger partial charge in [0.2, 0.25) is 0 Å². The van der Waals surface area contributed by atoms with E-state index in [4.69, 9.17) is 4.74 Å². The second-order valence-corrected chi connectivity index (χ2v) is 6.88. The van der Waals surface area contributed by atoms with E-state index in [9.17, 15) is 14.7 Å². The quantitative estimate of drug-likeness (QED) is 0.323. The largest absolute Gasteiger partial charge is 0.478 e. The van der Waals surface area contributed by atoms with Crippen LogP contribution in [0.1, 0.15) is 85.0 Å². The third-order valence-electron chi connectivity index (χ3n) is 5.19. The van der Waals surface area contributed by atoms with Crippen molar-refractivity contribution in [3.63, 3.8) is 0 Å². The van der Waals surface area contributed by atoms with Crippen molar-refractivity contribution in [1.29, 1.82) is 0 Å². The highest BCUT2D eigenvalue weighted by molar-refractivity contribution is 5.97. The molecule has 1 rings (SSSR count). The lowest BCUT2D eigenvalue weighted by molar-refractivity contribution is -0.160. The van der Waals surface area contributed by atoms with Gasteiger partial charge in [0.15, 0.2) is 0 Å². The third kappa shape index (κ3) is 4.84. The van der Waals surface area contributed by atoms with Crippen LogP contribution in [0.15, 0.2) is 11.6 Å². The molecule has 138 valence electrons. The number of rotatable bonds is 11. The summed E-state index contributed by atoms with van der Waals surface area (Å²) in [5, 5.41) is 9.84. The van der Waals surface area contributed by atoms with E-state index in [0.29, 0.717) is 19.4 Å². The predicted octanol–water partition coefficient (Wildman–Crippen LogP) is 5.12. The van der Waals surface area contributed by atoms with Crippen molar-refractivity contribution in [1.82, 2.24) is 0 Å². The van der Waals surface area contributed by atoms with Crippen LogP contribution in [0.5, 0.6) is 0 Å². The van der Waals surface area contributed by atoms with E-state index in [1.807, 2.05) is 6.92 Å². The van der Waals surface area contributed by atoms with Crippen LogP contribution < -0.4 is 0 Å². The van der Waals surface area contributed by atoms with Crippen LogP contribution in [-0.4, -0.2) is 23.7 Å². The fourth-order valence-electron chi connectivity index (χ4n) is 3.91. The van der Waals surface area contributed by atoms with Gasteiger partial charge in [0.1, 0.15) is 5.41 Å². The van der Waals surface area contributed by atoms with Crippen molar-refractivity contribution in [3.05, 3.63) is 11.6 Å². The van der Waals surface area contributed by atoms with Gasteiger partial charge in [-0.25, -0.2) is 4.79 Å². The number of carboxylic acids is 1. The van der Waals surface area contributed by atoms with E-state index in [2.05, 4.69) is 13.8 Å². The molecular formula is C20H34O4. The molecule has 0 aromatic rings. The Labute approximate surface area is 146 Å². The smallest absolute Gasteiger partial charge is 0.332 e. The minimum absolute atomic E-state index is 0.0899. The Morgan fingerprint density at radius 2 is 1.75 bits per heavy atom. The number of aliphatic carboxylic acids is 1. The van der Waals surface area contributed by atoms with Crippen molar-refractivity contribution < 1.29 is 19.4 Å². The Kier molecular flexibility index (Phi) is 9.09. The number of unbranched alkanes of at least 4 members (excludes halogenated alkanes) is 2. The van der Waals surface area contributed by atoms with Crippen LogP contribution in [0, 0.1) is 11.3 Å². The summed E-state index contributed by atoms with van der Waals surface area (Å²) in [7, 11) is 0. The molecule has 1 fully saturated rings. The molecule has 0 aromatic carbocycles. The zero-order chi connectivity index (χ0) is 18.0. The van der Waals surface area contributed by atoms with Gasteiger partial charge in [-0.15, -0.1) is 0 Å². The molecule has 0 aliphatic heterocycles. The molecule has 4 nitrogen and oxygen atoms in total. The number of carbonyl (C=O) groups is 2. The molecule has 0 heterocycles. The third-order valence-corrected chi connectivity index (χ3v) is 5.19. The second-order valence-electron chi connectivity index (χ2n) is 6.88. The molecule has 0 bridgehead atoms. The Bertz CT molecular complexity index is 435. The standard InChI is InChI=1S/C20H34O4/c1-4-7-14-20(16-12-9-10-13-16,17(11-6-3)18(21)22)19(23)24-15-8-5-2/h11,16H,4-10,12-15H2,1-3H3,(H,21,22). The highest BCUT2D eigenvalue weighted by Gasteiger charge is 2.52. The zero-order valence-electron chi connectivity index (χ0n) is 15.6. The van der Waals surface area contributed by atoms with Gasteiger partial charge in [-0.2, -0.15) is 0 Å². The summed E-state index contributed by atoms with van der Waals surface area (Å²) in [6, 6.07) is 0. The highest BCUT2D eigenvalue weighted by atomic mass is 16.5. The SMILES string of the molecule is CCC=C(C(=O)O)C(CCCC)(C(=O)OCCCC)C1CCCC1. The summed E-state index contributed by atoms with van der Waals surface area (Å²) < 4.78 is 5.59. The molecule has 1 saturated carbocycles. The van der Waals surface area contributed by atoms with E-state index < -0.39 is 11.4 Å². The number of carboxylic acid groups (broad SMARTS) is 1. The normalized spacial score (nSPS) is 18.4. The van der Waals surface area contributed by atoms with Gasteiger partial charge < -0.3 is 9.84 Å². The van der Waals surface area contributed by atoms with E-state index in [1.54, 1.807) is 6.08 Å². The summed E-state index contributed by atoms with van der Waals surface area (Å²) in [5.41, 5.74) is -0.700. The first-order valence-electron chi connectivity index (χ1n) is 9.65. The molecule has 0 spiro atoms. The number of esters is 1. The first kappa shape index (κ1) is 20.7. The summed E-state index contributed by atoms with van der Waals surface area (Å²) >= 11 is 0. The Balaban J connectivity index is 3.28. The Hall–Kier alpha value is -1.32. The molecule has 4 heteroatoms. The number of hydrogen-bond acceptors (Lipinski definition) is 3. The maximum absolute atomic E-state index is 13.1. The Morgan fingerprint density at radius 1 is 1.12 bits per heavy atom.